The van der Waals surface area contributed by atoms with E-state index in [0.717, 1.165) is 58.4 Å². The van der Waals surface area contributed by atoms with Crippen molar-refractivity contribution in [2.24, 2.45) is 16.8 Å². The van der Waals surface area contributed by atoms with E-state index in [1.165, 1.54) is 12.0 Å². The highest BCUT2D eigenvalue weighted by Crippen LogP contribution is 2.33. The van der Waals surface area contributed by atoms with E-state index in [2.05, 4.69) is 64.7 Å². The number of morpholine rings is 1. The van der Waals surface area contributed by atoms with Crippen molar-refractivity contribution in [1.82, 2.24) is 15.5 Å². The monoisotopic (exact) mass is 530 g/mol. The second-order valence-corrected chi connectivity index (χ2v) is 8.52. The van der Waals surface area contributed by atoms with E-state index in [1.54, 1.807) is 0 Å². The number of aliphatic imine (C=N–C) groups is 1. The fourth-order valence-corrected chi connectivity index (χ4v) is 4.37. The quantitative estimate of drug-likeness (QED) is 0.307. The second-order valence-electron chi connectivity index (χ2n) is 8.52. The molecule has 2 fully saturated rings. The minimum Gasteiger partial charge on any atom is -0.379 e. The summed E-state index contributed by atoms with van der Waals surface area (Å²) < 4.78 is 11.6. The van der Waals surface area contributed by atoms with Crippen molar-refractivity contribution in [2.75, 3.05) is 53.0 Å². The Kier molecular flexibility index (Phi) is 11.4. The first kappa shape index (κ1) is 25.4. The van der Waals surface area contributed by atoms with E-state index in [4.69, 9.17) is 9.47 Å². The highest BCUT2D eigenvalue weighted by atomic mass is 127. The summed E-state index contributed by atoms with van der Waals surface area (Å²) >= 11 is 0. The fraction of sp³-hybridized carbons (Fsp3) is 0.696. The summed E-state index contributed by atoms with van der Waals surface area (Å²) in [5, 5.41) is 7.10. The van der Waals surface area contributed by atoms with Crippen LogP contribution in [0.3, 0.4) is 0 Å². The van der Waals surface area contributed by atoms with Crippen LogP contribution in [-0.4, -0.2) is 69.9 Å². The number of hydrogen-bond acceptors (Lipinski definition) is 4. The Morgan fingerprint density at radius 1 is 1.13 bits per heavy atom. The van der Waals surface area contributed by atoms with Crippen molar-refractivity contribution in [3.05, 3.63) is 35.9 Å². The number of guanidine groups is 1. The molecule has 6 nitrogen and oxygen atoms in total. The van der Waals surface area contributed by atoms with Gasteiger partial charge in [0.15, 0.2) is 5.96 Å². The topological polar surface area (TPSA) is 58.1 Å². The average molecular weight is 530 g/mol. The third kappa shape index (κ3) is 7.66. The lowest BCUT2D eigenvalue weighted by Gasteiger charge is -2.35. The molecule has 1 aromatic carbocycles. The molecule has 30 heavy (non-hydrogen) atoms. The average Bonchev–Trinajstić information content (AvgIpc) is 3.22. The number of nitrogens with one attached hydrogen (secondary N) is 2. The van der Waals surface area contributed by atoms with Crippen LogP contribution in [0.2, 0.25) is 0 Å². The number of benzene rings is 1. The second kappa shape index (κ2) is 13.5. The normalized spacial score (nSPS) is 23.8. The molecule has 0 radical (unpaired) electrons. The highest BCUT2D eigenvalue weighted by molar-refractivity contribution is 14.0. The summed E-state index contributed by atoms with van der Waals surface area (Å²) in [6.45, 7) is 10.9. The third-order valence-corrected chi connectivity index (χ3v) is 5.91. The van der Waals surface area contributed by atoms with Crippen LogP contribution in [0.1, 0.15) is 38.4 Å². The van der Waals surface area contributed by atoms with Crippen molar-refractivity contribution < 1.29 is 9.47 Å². The summed E-state index contributed by atoms with van der Waals surface area (Å²) in [4.78, 5) is 7.01. The van der Waals surface area contributed by atoms with Crippen molar-refractivity contribution in [3.8, 4) is 0 Å². The Morgan fingerprint density at radius 2 is 1.87 bits per heavy atom. The zero-order chi connectivity index (χ0) is 20.5. The van der Waals surface area contributed by atoms with Gasteiger partial charge in [0, 0.05) is 51.8 Å². The highest BCUT2D eigenvalue weighted by Gasteiger charge is 2.29. The molecule has 170 valence electrons. The molecular weight excluding hydrogens is 491 g/mol. The van der Waals surface area contributed by atoms with E-state index >= 15 is 0 Å². The molecule has 3 rings (SSSR count). The lowest BCUT2D eigenvalue weighted by atomic mass is 9.95. The number of hydrogen-bond donors (Lipinski definition) is 2. The molecule has 0 aliphatic carbocycles. The molecule has 0 amide bonds. The molecule has 1 aromatic rings. The Morgan fingerprint density at radius 3 is 2.53 bits per heavy atom. The molecule has 0 aromatic heterocycles. The summed E-state index contributed by atoms with van der Waals surface area (Å²) in [5.74, 6) is 2.01. The van der Waals surface area contributed by atoms with Crippen LogP contribution in [0, 0.1) is 11.8 Å². The van der Waals surface area contributed by atoms with Crippen LogP contribution in [0.5, 0.6) is 0 Å². The van der Waals surface area contributed by atoms with Gasteiger partial charge in [-0.1, -0.05) is 44.2 Å². The van der Waals surface area contributed by atoms with E-state index in [0.29, 0.717) is 17.9 Å². The number of nitrogens with zero attached hydrogens (tertiary/aromatic N) is 2. The van der Waals surface area contributed by atoms with Gasteiger partial charge in [-0.3, -0.25) is 9.89 Å². The Balaban J connectivity index is 0.00000320. The Bertz CT molecular complexity index is 623. The maximum absolute atomic E-state index is 6.02. The van der Waals surface area contributed by atoms with Gasteiger partial charge in [0.2, 0.25) is 0 Å². The minimum atomic E-state index is 0. The van der Waals surface area contributed by atoms with Gasteiger partial charge >= 0.3 is 0 Å². The molecule has 0 bridgehead atoms. The predicted octanol–water partition coefficient (Wildman–Crippen LogP) is 3.29. The molecule has 2 aliphatic heterocycles. The molecule has 0 saturated carbocycles. The summed E-state index contributed by atoms with van der Waals surface area (Å²) in [5.41, 5.74) is 1.27. The molecule has 3 unspecified atom stereocenters. The van der Waals surface area contributed by atoms with E-state index in [1.807, 2.05) is 7.05 Å². The maximum atomic E-state index is 6.02. The SMILES string of the molecule is CN=C(NCC1CCOC1c1ccccc1)NCC(CC(C)C)N1CCOCC1.I. The molecule has 0 spiro atoms. The molecule has 2 saturated heterocycles. The number of rotatable bonds is 8. The summed E-state index contributed by atoms with van der Waals surface area (Å²) in [7, 11) is 1.85. The predicted molar refractivity (Wildman–Crippen MR) is 134 cm³/mol. The van der Waals surface area contributed by atoms with E-state index in [-0.39, 0.29) is 30.1 Å². The van der Waals surface area contributed by atoms with Crippen LogP contribution in [-0.2, 0) is 9.47 Å². The van der Waals surface area contributed by atoms with Gasteiger partial charge < -0.3 is 20.1 Å². The first-order chi connectivity index (χ1) is 14.2. The lowest BCUT2D eigenvalue weighted by Crippen LogP contribution is -2.51. The van der Waals surface area contributed by atoms with Gasteiger partial charge in [-0.15, -0.1) is 24.0 Å². The Labute approximate surface area is 199 Å². The van der Waals surface area contributed by atoms with Crippen molar-refractivity contribution in [3.63, 3.8) is 0 Å². The Hall–Kier alpha value is -0.900. The van der Waals surface area contributed by atoms with Crippen LogP contribution < -0.4 is 10.6 Å². The first-order valence-corrected chi connectivity index (χ1v) is 11.1. The molecule has 2 aliphatic rings. The van der Waals surface area contributed by atoms with Crippen LogP contribution in [0.4, 0.5) is 0 Å². The zero-order valence-corrected chi connectivity index (χ0v) is 21.0. The lowest BCUT2D eigenvalue weighted by molar-refractivity contribution is 0.0132. The smallest absolute Gasteiger partial charge is 0.191 e. The fourth-order valence-electron chi connectivity index (χ4n) is 4.37. The third-order valence-electron chi connectivity index (χ3n) is 5.91. The number of ether oxygens (including phenoxy) is 2. The molecule has 7 heteroatoms. The van der Waals surface area contributed by atoms with Crippen LogP contribution >= 0.6 is 24.0 Å². The van der Waals surface area contributed by atoms with Gasteiger partial charge in [-0.2, -0.15) is 0 Å². The van der Waals surface area contributed by atoms with Crippen molar-refractivity contribution in [1.29, 1.82) is 0 Å². The van der Waals surface area contributed by atoms with Gasteiger partial charge in [0.1, 0.15) is 0 Å². The number of halogens is 1. The first-order valence-electron chi connectivity index (χ1n) is 11.1. The van der Waals surface area contributed by atoms with Crippen LogP contribution in [0.25, 0.3) is 0 Å². The van der Waals surface area contributed by atoms with Gasteiger partial charge in [-0.25, -0.2) is 0 Å². The van der Waals surface area contributed by atoms with E-state index < -0.39 is 0 Å². The maximum Gasteiger partial charge on any atom is 0.191 e. The molecule has 2 heterocycles. The van der Waals surface area contributed by atoms with Crippen molar-refractivity contribution in [2.45, 2.75) is 38.8 Å². The van der Waals surface area contributed by atoms with Crippen LogP contribution in [0.15, 0.2) is 35.3 Å². The zero-order valence-electron chi connectivity index (χ0n) is 18.7. The van der Waals surface area contributed by atoms with Crippen molar-refractivity contribution >= 4 is 29.9 Å². The summed E-state index contributed by atoms with van der Waals surface area (Å²) in [6.07, 6.45) is 2.42. The molecule has 3 atom stereocenters. The standard InChI is InChI=1S/C23H38N4O2.HI/c1-18(2)15-21(27-10-13-28-14-11-27)17-26-23(24-3)25-16-20-9-12-29-22(20)19-7-5-4-6-8-19;/h4-8,18,20-22H,9-17H2,1-3H3,(H2,24,25,26);1H. The van der Waals surface area contributed by atoms with Gasteiger partial charge in [0.25, 0.3) is 0 Å². The molecule has 2 N–H and O–H groups in total. The van der Waals surface area contributed by atoms with Gasteiger partial charge in [0.05, 0.1) is 19.3 Å². The minimum absolute atomic E-state index is 0. The largest absolute Gasteiger partial charge is 0.379 e. The van der Waals surface area contributed by atoms with Gasteiger partial charge in [-0.05, 0) is 24.3 Å². The molecular formula is C23H39IN4O2. The van der Waals surface area contributed by atoms with E-state index in [9.17, 15) is 0 Å². The summed E-state index contributed by atoms with van der Waals surface area (Å²) in [6, 6.07) is 11.1.